The Kier molecular flexibility index (Phi) is 6.77. The zero-order chi connectivity index (χ0) is 15.0. The molecule has 0 fully saturated rings. The minimum atomic E-state index is -0.484. The molecule has 0 aliphatic rings. The van der Waals surface area contributed by atoms with E-state index in [1.54, 1.807) is 24.3 Å². The molecule has 4 heteroatoms. The lowest BCUT2D eigenvalue weighted by Gasteiger charge is -2.13. The largest absolute Gasteiger partial charge is 0.462 e. The Morgan fingerprint density at radius 2 is 1.70 bits per heavy atom. The first-order valence-electron chi connectivity index (χ1n) is 7.07. The average Bonchev–Trinajstić information content (AvgIpc) is 2.47. The van der Waals surface area contributed by atoms with Gasteiger partial charge >= 0.3 is 11.9 Å². The summed E-state index contributed by atoms with van der Waals surface area (Å²) in [4.78, 5) is 24.0. The SMILES string of the molecule is CCCCOC(=O)c1ccccc1C(=O)OC(C)CC. The monoisotopic (exact) mass is 278 g/mol. The van der Waals surface area contributed by atoms with Crippen molar-refractivity contribution in [1.29, 1.82) is 0 Å². The van der Waals surface area contributed by atoms with Crippen molar-refractivity contribution in [2.75, 3.05) is 6.61 Å². The minimum Gasteiger partial charge on any atom is -0.462 e. The van der Waals surface area contributed by atoms with Crippen LogP contribution in [0, 0.1) is 0 Å². The fourth-order valence-electron chi connectivity index (χ4n) is 1.56. The van der Waals surface area contributed by atoms with Gasteiger partial charge in [-0.15, -0.1) is 0 Å². The molecule has 1 aromatic carbocycles. The van der Waals surface area contributed by atoms with Crippen LogP contribution in [0.2, 0.25) is 0 Å². The minimum absolute atomic E-state index is 0.174. The van der Waals surface area contributed by atoms with E-state index < -0.39 is 11.9 Å². The zero-order valence-corrected chi connectivity index (χ0v) is 12.3. The molecular weight excluding hydrogens is 256 g/mol. The molecule has 0 aromatic heterocycles. The third-order valence-electron chi connectivity index (χ3n) is 2.98. The summed E-state index contributed by atoms with van der Waals surface area (Å²) in [6.07, 6.45) is 2.32. The van der Waals surface area contributed by atoms with Gasteiger partial charge in [-0.2, -0.15) is 0 Å². The summed E-state index contributed by atoms with van der Waals surface area (Å²) in [5.74, 6) is -0.961. The molecule has 0 saturated carbocycles. The first kappa shape index (κ1) is 16.2. The molecule has 20 heavy (non-hydrogen) atoms. The van der Waals surface area contributed by atoms with Crippen molar-refractivity contribution in [3.05, 3.63) is 35.4 Å². The Hall–Kier alpha value is -1.84. The van der Waals surface area contributed by atoms with Crippen molar-refractivity contribution < 1.29 is 19.1 Å². The van der Waals surface area contributed by atoms with Crippen LogP contribution in [0.3, 0.4) is 0 Å². The molecule has 0 heterocycles. The van der Waals surface area contributed by atoms with Crippen LogP contribution < -0.4 is 0 Å². The normalized spacial score (nSPS) is 11.8. The molecule has 1 unspecified atom stereocenters. The van der Waals surface area contributed by atoms with Gasteiger partial charge in [0.15, 0.2) is 0 Å². The Balaban J connectivity index is 2.82. The van der Waals surface area contributed by atoms with E-state index in [2.05, 4.69) is 0 Å². The second-order valence-corrected chi connectivity index (χ2v) is 4.66. The summed E-state index contributed by atoms with van der Waals surface area (Å²) < 4.78 is 10.4. The molecule has 0 amide bonds. The van der Waals surface area contributed by atoms with Crippen LogP contribution in [-0.2, 0) is 9.47 Å². The standard InChI is InChI=1S/C16H22O4/c1-4-6-11-19-15(17)13-9-7-8-10-14(13)16(18)20-12(3)5-2/h7-10,12H,4-6,11H2,1-3H3. The molecule has 1 aromatic rings. The quantitative estimate of drug-likeness (QED) is 0.565. The maximum absolute atomic E-state index is 12.0. The van der Waals surface area contributed by atoms with Gasteiger partial charge in [0.1, 0.15) is 0 Å². The predicted molar refractivity (Wildman–Crippen MR) is 76.8 cm³/mol. The predicted octanol–water partition coefficient (Wildman–Crippen LogP) is 3.60. The highest BCUT2D eigenvalue weighted by molar-refractivity contribution is 6.03. The van der Waals surface area contributed by atoms with E-state index in [-0.39, 0.29) is 17.2 Å². The van der Waals surface area contributed by atoms with Crippen LogP contribution in [-0.4, -0.2) is 24.6 Å². The third-order valence-corrected chi connectivity index (χ3v) is 2.98. The van der Waals surface area contributed by atoms with Gasteiger partial charge in [0, 0.05) is 0 Å². The highest BCUT2D eigenvalue weighted by Crippen LogP contribution is 2.14. The van der Waals surface area contributed by atoms with Crippen molar-refractivity contribution >= 4 is 11.9 Å². The second-order valence-electron chi connectivity index (χ2n) is 4.66. The van der Waals surface area contributed by atoms with Gasteiger partial charge in [-0.1, -0.05) is 32.4 Å². The molecule has 0 aliphatic heterocycles. The highest BCUT2D eigenvalue weighted by Gasteiger charge is 2.20. The topological polar surface area (TPSA) is 52.6 Å². The fourth-order valence-corrected chi connectivity index (χ4v) is 1.56. The van der Waals surface area contributed by atoms with Gasteiger partial charge in [0.05, 0.1) is 23.8 Å². The number of ether oxygens (including phenoxy) is 2. The van der Waals surface area contributed by atoms with E-state index in [0.29, 0.717) is 6.61 Å². The summed E-state index contributed by atoms with van der Waals surface area (Å²) in [6, 6.07) is 6.58. The van der Waals surface area contributed by atoms with Crippen LogP contribution in [0.25, 0.3) is 0 Å². The second kappa shape index (κ2) is 8.35. The fraction of sp³-hybridized carbons (Fsp3) is 0.500. The van der Waals surface area contributed by atoms with E-state index in [1.165, 1.54) is 0 Å². The van der Waals surface area contributed by atoms with E-state index in [4.69, 9.17) is 9.47 Å². The summed E-state index contributed by atoms with van der Waals surface area (Å²) in [6.45, 7) is 6.14. The molecule has 0 aliphatic carbocycles. The van der Waals surface area contributed by atoms with Gasteiger partial charge in [-0.05, 0) is 31.9 Å². The highest BCUT2D eigenvalue weighted by atomic mass is 16.5. The summed E-state index contributed by atoms with van der Waals surface area (Å²) in [5.41, 5.74) is 0.520. The van der Waals surface area contributed by atoms with Crippen molar-refractivity contribution in [1.82, 2.24) is 0 Å². The van der Waals surface area contributed by atoms with Crippen molar-refractivity contribution in [3.8, 4) is 0 Å². The number of carbonyl (C=O) groups is 2. The average molecular weight is 278 g/mol. The van der Waals surface area contributed by atoms with Gasteiger partial charge in [-0.25, -0.2) is 9.59 Å². The van der Waals surface area contributed by atoms with Gasteiger partial charge < -0.3 is 9.47 Å². The van der Waals surface area contributed by atoms with Crippen molar-refractivity contribution in [2.24, 2.45) is 0 Å². The third kappa shape index (κ3) is 4.68. The van der Waals surface area contributed by atoms with E-state index in [1.807, 2.05) is 20.8 Å². The number of hydrogen-bond acceptors (Lipinski definition) is 4. The first-order valence-corrected chi connectivity index (χ1v) is 7.07. The van der Waals surface area contributed by atoms with E-state index >= 15 is 0 Å². The Morgan fingerprint density at radius 1 is 1.10 bits per heavy atom. The number of carbonyl (C=O) groups excluding carboxylic acids is 2. The lowest BCUT2D eigenvalue weighted by molar-refractivity contribution is 0.0321. The maximum Gasteiger partial charge on any atom is 0.339 e. The van der Waals surface area contributed by atoms with Crippen molar-refractivity contribution in [3.63, 3.8) is 0 Å². The molecular formula is C16H22O4. The molecule has 0 radical (unpaired) electrons. The lowest BCUT2D eigenvalue weighted by Crippen LogP contribution is -2.18. The van der Waals surface area contributed by atoms with Crippen LogP contribution in [0.5, 0.6) is 0 Å². The van der Waals surface area contributed by atoms with E-state index in [0.717, 1.165) is 19.3 Å². The maximum atomic E-state index is 12.0. The summed E-state index contributed by atoms with van der Waals surface area (Å²) in [5, 5.41) is 0. The lowest BCUT2D eigenvalue weighted by atomic mass is 10.1. The molecule has 1 rings (SSSR count). The van der Waals surface area contributed by atoms with Gasteiger partial charge in [0.2, 0.25) is 0 Å². The zero-order valence-electron chi connectivity index (χ0n) is 12.3. The molecule has 0 N–H and O–H groups in total. The number of rotatable bonds is 7. The molecule has 0 spiro atoms. The van der Waals surface area contributed by atoms with Crippen LogP contribution in [0.15, 0.2) is 24.3 Å². The Labute approximate surface area is 120 Å². The Bertz CT molecular complexity index is 454. The number of benzene rings is 1. The molecule has 4 nitrogen and oxygen atoms in total. The van der Waals surface area contributed by atoms with Crippen LogP contribution >= 0.6 is 0 Å². The number of unbranched alkanes of at least 4 members (excludes halogenated alkanes) is 1. The van der Waals surface area contributed by atoms with Gasteiger partial charge in [0.25, 0.3) is 0 Å². The summed E-state index contributed by atoms with van der Waals surface area (Å²) >= 11 is 0. The van der Waals surface area contributed by atoms with Gasteiger partial charge in [-0.3, -0.25) is 0 Å². The molecule has 0 saturated heterocycles. The number of hydrogen-bond donors (Lipinski definition) is 0. The first-order chi connectivity index (χ1) is 9.60. The van der Waals surface area contributed by atoms with Crippen LogP contribution in [0.4, 0.5) is 0 Å². The molecule has 1 atom stereocenters. The smallest absolute Gasteiger partial charge is 0.339 e. The molecule has 0 bridgehead atoms. The molecule has 110 valence electrons. The Morgan fingerprint density at radius 3 is 2.25 bits per heavy atom. The summed E-state index contributed by atoms with van der Waals surface area (Å²) in [7, 11) is 0. The van der Waals surface area contributed by atoms with E-state index in [9.17, 15) is 9.59 Å². The van der Waals surface area contributed by atoms with Crippen LogP contribution in [0.1, 0.15) is 60.7 Å². The van der Waals surface area contributed by atoms with Crippen molar-refractivity contribution in [2.45, 2.75) is 46.1 Å². The number of esters is 2.